The molecule has 0 aliphatic carbocycles. The molecule has 2 N–H and O–H groups in total. The minimum Gasteiger partial charge on any atom is -0.481 e. The van der Waals surface area contributed by atoms with E-state index in [1.807, 2.05) is 14.1 Å². The lowest BCUT2D eigenvalue weighted by Gasteiger charge is -2.48. The quantitative estimate of drug-likeness (QED) is 0.257. The van der Waals surface area contributed by atoms with Crippen molar-refractivity contribution in [3.8, 4) is 0 Å². The molecule has 0 fully saturated rings. The Morgan fingerprint density at radius 1 is 0.889 bits per heavy atom. The Morgan fingerprint density at radius 3 is 1.74 bits per heavy atom. The first-order valence-electron chi connectivity index (χ1n) is 10.9. The van der Waals surface area contributed by atoms with Gasteiger partial charge in [0.1, 0.15) is 0 Å². The molecule has 0 aromatic rings. The Balaban J connectivity index is 4.27. The van der Waals surface area contributed by atoms with Crippen molar-refractivity contribution < 1.29 is 24.3 Å². The van der Waals surface area contributed by atoms with E-state index >= 15 is 0 Å². The SMILES string of the molecule is CCCCCCCCCCCCC(C)[N+](C)(C)C(C)(CCC(=O)O)C(=O)O. The minimum absolute atomic E-state index is 0.116. The fraction of sp³-hybridized carbons (Fsp3) is 0.909. The molecule has 2 unspecified atom stereocenters. The zero-order chi connectivity index (χ0) is 20.9. The topological polar surface area (TPSA) is 74.6 Å². The number of rotatable bonds is 17. The molecule has 5 heteroatoms. The van der Waals surface area contributed by atoms with E-state index in [2.05, 4.69) is 13.8 Å². The third-order valence-electron chi connectivity index (χ3n) is 6.64. The first kappa shape index (κ1) is 25.9. The van der Waals surface area contributed by atoms with Crippen molar-refractivity contribution in [3.63, 3.8) is 0 Å². The molecule has 2 atom stereocenters. The zero-order valence-electron chi connectivity index (χ0n) is 18.4. The molecule has 160 valence electrons. The van der Waals surface area contributed by atoms with Gasteiger partial charge in [-0.1, -0.05) is 64.7 Å². The molecule has 0 saturated carbocycles. The number of nitrogens with zero attached hydrogens (tertiary/aromatic N) is 1. The lowest BCUT2D eigenvalue weighted by atomic mass is 9.88. The van der Waals surface area contributed by atoms with E-state index in [-0.39, 0.29) is 18.9 Å². The first-order valence-corrected chi connectivity index (χ1v) is 10.9. The Kier molecular flexibility index (Phi) is 12.6. The Labute approximate surface area is 166 Å². The molecule has 0 spiro atoms. The van der Waals surface area contributed by atoms with Gasteiger partial charge in [-0.05, 0) is 19.8 Å². The Morgan fingerprint density at radius 2 is 1.33 bits per heavy atom. The monoisotopic (exact) mass is 386 g/mol. The maximum Gasteiger partial charge on any atom is 0.365 e. The normalized spacial score (nSPS) is 15.3. The molecule has 0 heterocycles. The summed E-state index contributed by atoms with van der Waals surface area (Å²) >= 11 is 0. The largest absolute Gasteiger partial charge is 0.481 e. The van der Waals surface area contributed by atoms with Gasteiger partial charge in [-0.2, -0.15) is 0 Å². The van der Waals surface area contributed by atoms with E-state index in [0.717, 1.165) is 12.8 Å². The van der Waals surface area contributed by atoms with E-state index in [4.69, 9.17) is 5.11 Å². The minimum atomic E-state index is -1.09. The average molecular weight is 387 g/mol. The van der Waals surface area contributed by atoms with Gasteiger partial charge >= 0.3 is 11.9 Å². The number of unbranched alkanes of at least 4 members (excludes halogenated alkanes) is 9. The molecule has 5 nitrogen and oxygen atoms in total. The van der Waals surface area contributed by atoms with Crippen LogP contribution in [0.1, 0.15) is 104 Å². The van der Waals surface area contributed by atoms with Crippen LogP contribution in [0.3, 0.4) is 0 Å². The van der Waals surface area contributed by atoms with Crippen LogP contribution in [0.15, 0.2) is 0 Å². The maximum atomic E-state index is 11.9. The van der Waals surface area contributed by atoms with Gasteiger partial charge in [-0.3, -0.25) is 4.79 Å². The van der Waals surface area contributed by atoms with Crippen LogP contribution in [0.2, 0.25) is 0 Å². The van der Waals surface area contributed by atoms with Crippen molar-refractivity contribution in [3.05, 3.63) is 0 Å². The van der Waals surface area contributed by atoms with E-state index in [1.165, 1.54) is 57.8 Å². The number of quaternary nitrogens is 1. The number of likely N-dealkylation sites (N-methyl/N-ethyl adjacent to an activating group) is 1. The molecule has 0 bridgehead atoms. The summed E-state index contributed by atoms with van der Waals surface area (Å²) in [4.78, 5) is 22.9. The maximum absolute atomic E-state index is 11.9. The highest BCUT2D eigenvalue weighted by atomic mass is 16.4. The van der Waals surface area contributed by atoms with Crippen LogP contribution in [-0.4, -0.2) is 52.3 Å². The van der Waals surface area contributed by atoms with Gasteiger partial charge in [0, 0.05) is 13.3 Å². The van der Waals surface area contributed by atoms with Crippen LogP contribution < -0.4 is 0 Å². The van der Waals surface area contributed by atoms with Gasteiger partial charge in [0.2, 0.25) is 0 Å². The molecule has 0 aromatic carbocycles. The Bertz CT molecular complexity index is 436. The Hall–Kier alpha value is -1.10. The molecule has 0 rings (SSSR count). The summed E-state index contributed by atoms with van der Waals surface area (Å²) in [6, 6.07) is 0.175. The highest BCUT2D eigenvalue weighted by Crippen LogP contribution is 2.31. The van der Waals surface area contributed by atoms with E-state index in [9.17, 15) is 14.7 Å². The van der Waals surface area contributed by atoms with E-state index in [1.54, 1.807) is 6.92 Å². The summed E-state index contributed by atoms with van der Waals surface area (Å²) < 4.78 is 0.313. The summed E-state index contributed by atoms with van der Waals surface area (Å²) in [5.74, 6) is -1.85. The third kappa shape index (κ3) is 9.09. The molecule has 0 aliphatic heterocycles. The number of carbonyl (C=O) groups is 2. The van der Waals surface area contributed by atoms with Gasteiger partial charge in [0.25, 0.3) is 0 Å². The predicted octanol–water partition coefficient (Wildman–Crippen LogP) is 5.47. The molecule has 0 radical (unpaired) electrons. The number of carboxylic acid groups (broad SMARTS) is 2. The number of aliphatic carboxylic acids is 2. The lowest BCUT2D eigenvalue weighted by Crippen LogP contribution is -2.66. The van der Waals surface area contributed by atoms with Crippen LogP contribution in [0.25, 0.3) is 0 Å². The lowest BCUT2D eigenvalue weighted by molar-refractivity contribution is -0.952. The summed E-state index contributed by atoms with van der Waals surface area (Å²) in [5, 5.41) is 18.7. The van der Waals surface area contributed by atoms with Gasteiger partial charge in [-0.15, -0.1) is 0 Å². The first-order chi connectivity index (χ1) is 12.6. The van der Waals surface area contributed by atoms with Crippen LogP contribution in [0.4, 0.5) is 0 Å². The second-order valence-corrected chi connectivity index (χ2v) is 8.83. The second-order valence-electron chi connectivity index (χ2n) is 8.83. The van der Waals surface area contributed by atoms with Crippen molar-refractivity contribution in [2.75, 3.05) is 14.1 Å². The summed E-state index contributed by atoms with van der Waals surface area (Å²) in [7, 11) is 3.86. The summed E-state index contributed by atoms with van der Waals surface area (Å²) in [6.45, 7) is 6.02. The molecule has 0 aliphatic rings. The average Bonchev–Trinajstić information content (AvgIpc) is 2.60. The fourth-order valence-electron chi connectivity index (χ4n) is 3.73. The molecular weight excluding hydrogens is 342 g/mol. The van der Waals surface area contributed by atoms with Crippen molar-refractivity contribution >= 4 is 11.9 Å². The molecule has 0 saturated heterocycles. The van der Waals surface area contributed by atoms with Crippen LogP contribution in [-0.2, 0) is 9.59 Å². The standard InChI is InChI=1S/C22H43NO4/c1-6-7-8-9-10-11-12-13-14-15-16-19(2)23(4,5)22(3,21(26)27)18-17-20(24)25/h19H,6-18H2,1-5H3,(H-,24,25,26,27)/p+1. The second kappa shape index (κ2) is 13.1. The zero-order valence-corrected chi connectivity index (χ0v) is 18.4. The molecular formula is C22H44NO4+. The van der Waals surface area contributed by atoms with Gasteiger partial charge in [0.15, 0.2) is 5.54 Å². The highest BCUT2D eigenvalue weighted by molar-refractivity contribution is 5.78. The predicted molar refractivity (Wildman–Crippen MR) is 111 cm³/mol. The fourth-order valence-corrected chi connectivity index (χ4v) is 3.73. The van der Waals surface area contributed by atoms with Gasteiger partial charge < -0.3 is 14.7 Å². The smallest absolute Gasteiger partial charge is 0.365 e. The number of hydrogen-bond acceptors (Lipinski definition) is 2. The summed E-state index contributed by atoms with van der Waals surface area (Å²) in [6.07, 6.45) is 13.9. The van der Waals surface area contributed by atoms with E-state index in [0.29, 0.717) is 4.48 Å². The van der Waals surface area contributed by atoms with Crippen molar-refractivity contribution in [2.24, 2.45) is 0 Å². The van der Waals surface area contributed by atoms with Crippen LogP contribution in [0, 0.1) is 0 Å². The van der Waals surface area contributed by atoms with Crippen molar-refractivity contribution in [2.45, 2.75) is 116 Å². The molecule has 0 aromatic heterocycles. The van der Waals surface area contributed by atoms with Crippen molar-refractivity contribution in [1.82, 2.24) is 0 Å². The van der Waals surface area contributed by atoms with Gasteiger partial charge in [0.05, 0.1) is 26.6 Å². The molecule has 27 heavy (non-hydrogen) atoms. The third-order valence-corrected chi connectivity index (χ3v) is 6.64. The van der Waals surface area contributed by atoms with Gasteiger partial charge in [-0.25, -0.2) is 4.79 Å². The molecule has 0 amide bonds. The van der Waals surface area contributed by atoms with Crippen molar-refractivity contribution in [1.29, 1.82) is 0 Å². The highest BCUT2D eigenvalue weighted by Gasteiger charge is 2.50. The van der Waals surface area contributed by atoms with E-state index < -0.39 is 17.5 Å². The van der Waals surface area contributed by atoms with Crippen LogP contribution in [0.5, 0.6) is 0 Å². The summed E-state index contributed by atoms with van der Waals surface area (Å²) in [5.41, 5.74) is -1.09. The number of carboxylic acids is 2. The van der Waals surface area contributed by atoms with Crippen LogP contribution >= 0.6 is 0 Å². The number of hydrogen-bond donors (Lipinski definition) is 2.